The predicted molar refractivity (Wildman–Crippen MR) is 71.9 cm³/mol. The Morgan fingerprint density at radius 2 is 2.00 bits per heavy atom. The molecule has 0 saturated carbocycles. The highest BCUT2D eigenvalue weighted by molar-refractivity contribution is 7.87. The van der Waals surface area contributed by atoms with Crippen molar-refractivity contribution in [2.75, 3.05) is 46.9 Å². The molecule has 0 unspecified atom stereocenters. The van der Waals surface area contributed by atoms with Gasteiger partial charge in [-0.2, -0.15) is 12.7 Å². The molecule has 8 heteroatoms. The number of carbonyl (C=O) groups excluding carboxylic acids is 1. The fourth-order valence-corrected chi connectivity index (χ4v) is 2.82. The molecule has 0 atom stereocenters. The van der Waals surface area contributed by atoms with E-state index in [1.54, 1.807) is 0 Å². The molecule has 1 N–H and O–H groups in total. The maximum Gasteiger partial charge on any atom is 0.306 e. The van der Waals surface area contributed by atoms with Crippen LogP contribution in [0.3, 0.4) is 0 Å². The summed E-state index contributed by atoms with van der Waals surface area (Å²) in [5.74, 6) is -0.417. The Morgan fingerprint density at radius 3 is 2.58 bits per heavy atom. The van der Waals surface area contributed by atoms with Crippen molar-refractivity contribution in [2.24, 2.45) is 0 Å². The SMILES string of the molecule is COC(=O)CCN(C)S(=O)(=O)NCCN1CCCC1. The number of nitrogens with one attached hydrogen (secondary N) is 1. The largest absolute Gasteiger partial charge is 0.469 e. The molecule has 7 nitrogen and oxygen atoms in total. The molecule has 0 bridgehead atoms. The summed E-state index contributed by atoms with van der Waals surface area (Å²) >= 11 is 0. The van der Waals surface area contributed by atoms with Crippen molar-refractivity contribution in [3.63, 3.8) is 0 Å². The minimum absolute atomic E-state index is 0.0556. The second kappa shape index (κ2) is 7.78. The molecule has 0 aliphatic carbocycles. The third kappa shape index (κ3) is 5.85. The van der Waals surface area contributed by atoms with Gasteiger partial charge in [-0.15, -0.1) is 0 Å². The Hall–Kier alpha value is -0.700. The van der Waals surface area contributed by atoms with E-state index < -0.39 is 16.2 Å². The minimum Gasteiger partial charge on any atom is -0.469 e. The lowest BCUT2D eigenvalue weighted by atomic mass is 10.4. The topological polar surface area (TPSA) is 78.9 Å². The Balaban J connectivity index is 2.26. The van der Waals surface area contributed by atoms with Crippen molar-refractivity contribution in [1.82, 2.24) is 13.9 Å². The van der Waals surface area contributed by atoms with E-state index in [1.165, 1.54) is 27.0 Å². The fraction of sp³-hybridized carbons (Fsp3) is 0.909. The summed E-state index contributed by atoms with van der Waals surface area (Å²) < 4.78 is 31.8. The number of nitrogens with zero attached hydrogens (tertiary/aromatic N) is 2. The molecular formula is C11H23N3O4S. The molecule has 112 valence electrons. The Morgan fingerprint density at radius 1 is 1.37 bits per heavy atom. The number of ether oxygens (including phenoxy) is 1. The smallest absolute Gasteiger partial charge is 0.306 e. The maximum atomic E-state index is 11.8. The average molecular weight is 293 g/mol. The van der Waals surface area contributed by atoms with E-state index in [4.69, 9.17) is 0 Å². The van der Waals surface area contributed by atoms with Crippen molar-refractivity contribution >= 4 is 16.2 Å². The Bertz CT molecular complexity index is 379. The van der Waals surface area contributed by atoms with Gasteiger partial charge in [0.05, 0.1) is 13.5 Å². The quantitative estimate of drug-likeness (QED) is 0.605. The fourth-order valence-electron chi connectivity index (χ4n) is 1.92. The first kappa shape index (κ1) is 16.4. The van der Waals surface area contributed by atoms with Crippen LogP contribution in [0.15, 0.2) is 0 Å². The van der Waals surface area contributed by atoms with E-state index >= 15 is 0 Å². The summed E-state index contributed by atoms with van der Waals surface area (Å²) in [6.45, 7) is 3.32. The summed E-state index contributed by atoms with van der Waals surface area (Å²) in [7, 11) is -0.779. The third-order valence-corrected chi connectivity index (χ3v) is 4.75. The van der Waals surface area contributed by atoms with E-state index in [2.05, 4.69) is 14.4 Å². The van der Waals surface area contributed by atoms with Crippen molar-refractivity contribution in [1.29, 1.82) is 0 Å². The van der Waals surface area contributed by atoms with Crippen molar-refractivity contribution in [3.8, 4) is 0 Å². The predicted octanol–water partition coefficient (Wildman–Crippen LogP) is -0.588. The van der Waals surface area contributed by atoms with Crippen LogP contribution in [0.5, 0.6) is 0 Å². The molecule has 0 radical (unpaired) electrons. The van der Waals surface area contributed by atoms with Gasteiger partial charge in [-0.25, -0.2) is 4.72 Å². The van der Waals surface area contributed by atoms with Gasteiger partial charge in [-0.1, -0.05) is 0 Å². The molecule has 1 fully saturated rings. The van der Waals surface area contributed by atoms with E-state index in [-0.39, 0.29) is 13.0 Å². The normalized spacial score (nSPS) is 17.0. The Labute approximate surface area is 115 Å². The number of hydrogen-bond donors (Lipinski definition) is 1. The molecule has 0 spiro atoms. The number of esters is 1. The summed E-state index contributed by atoms with van der Waals surface area (Å²) in [5, 5.41) is 0. The monoisotopic (exact) mass is 293 g/mol. The van der Waals surface area contributed by atoms with Gasteiger partial charge in [-0.05, 0) is 25.9 Å². The van der Waals surface area contributed by atoms with Crippen LogP contribution in [0.25, 0.3) is 0 Å². The molecule has 0 aromatic carbocycles. The molecule has 1 rings (SSSR count). The van der Waals surface area contributed by atoms with Gasteiger partial charge in [-0.3, -0.25) is 4.79 Å². The second-order valence-electron chi connectivity index (χ2n) is 4.60. The highest BCUT2D eigenvalue weighted by Gasteiger charge is 2.19. The average Bonchev–Trinajstić information content (AvgIpc) is 2.88. The lowest BCUT2D eigenvalue weighted by Crippen LogP contribution is -2.42. The van der Waals surface area contributed by atoms with E-state index in [1.807, 2.05) is 0 Å². The summed E-state index contributed by atoms with van der Waals surface area (Å²) in [6, 6.07) is 0. The number of methoxy groups -OCH3 is 1. The molecular weight excluding hydrogens is 270 g/mol. The van der Waals surface area contributed by atoms with Crippen molar-refractivity contribution in [2.45, 2.75) is 19.3 Å². The van der Waals surface area contributed by atoms with Crippen LogP contribution >= 0.6 is 0 Å². The van der Waals surface area contributed by atoms with E-state index in [9.17, 15) is 13.2 Å². The third-order valence-electron chi connectivity index (χ3n) is 3.18. The number of rotatable bonds is 8. The molecule has 1 aliphatic rings. The van der Waals surface area contributed by atoms with Crippen LogP contribution in [0.4, 0.5) is 0 Å². The first-order chi connectivity index (χ1) is 8.95. The summed E-state index contributed by atoms with van der Waals surface area (Å²) in [4.78, 5) is 13.2. The first-order valence-electron chi connectivity index (χ1n) is 6.46. The highest BCUT2D eigenvalue weighted by Crippen LogP contribution is 2.05. The van der Waals surface area contributed by atoms with Gasteiger partial charge in [0, 0.05) is 26.7 Å². The first-order valence-corrected chi connectivity index (χ1v) is 7.90. The van der Waals surface area contributed by atoms with Gasteiger partial charge < -0.3 is 9.64 Å². The molecule has 1 saturated heterocycles. The molecule has 1 aliphatic heterocycles. The zero-order valence-electron chi connectivity index (χ0n) is 11.6. The second-order valence-corrected chi connectivity index (χ2v) is 6.46. The zero-order valence-corrected chi connectivity index (χ0v) is 12.4. The van der Waals surface area contributed by atoms with Gasteiger partial charge >= 0.3 is 5.97 Å². The van der Waals surface area contributed by atoms with Gasteiger partial charge in [0.1, 0.15) is 0 Å². The Kier molecular flexibility index (Phi) is 6.70. The van der Waals surface area contributed by atoms with Crippen LogP contribution in [-0.2, 0) is 19.7 Å². The van der Waals surface area contributed by atoms with Crippen LogP contribution in [0, 0.1) is 0 Å². The van der Waals surface area contributed by atoms with Crippen molar-refractivity contribution in [3.05, 3.63) is 0 Å². The maximum absolute atomic E-state index is 11.8. The van der Waals surface area contributed by atoms with Gasteiger partial charge in [0.25, 0.3) is 10.2 Å². The zero-order chi connectivity index (χ0) is 14.3. The lowest BCUT2D eigenvalue weighted by Gasteiger charge is -2.19. The highest BCUT2D eigenvalue weighted by atomic mass is 32.2. The summed E-state index contributed by atoms with van der Waals surface area (Å²) in [6.07, 6.45) is 2.43. The van der Waals surface area contributed by atoms with E-state index in [0.29, 0.717) is 6.54 Å². The van der Waals surface area contributed by atoms with Crippen LogP contribution < -0.4 is 4.72 Å². The summed E-state index contributed by atoms with van der Waals surface area (Å²) in [5.41, 5.74) is 0. The van der Waals surface area contributed by atoms with Crippen LogP contribution in [0.2, 0.25) is 0 Å². The lowest BCUT2D eigenvalue weighted by molar-refractivity contribution is -0.140. The number of likely N-dealkylation sites (tertiary alicyclic amines) is 1. The molecule has 0 amide bonds. The molecule has 0 aromatic heterocycles. The molecule has 19 heavy (non-hydrogen) atoms. The van der Waals surface area contributed by atoms with E-state index in [0.717, 1.165) is 23.9 Å². The molecule has 0 aromatic rings. The van der Waals surface area contributed by atoms with Gasteiger partial charge in [0.15, 0.2) is 0 Å². The van der Waals surface area contributed by atoms with Crippen LogP contribution in [-0.4, -0.2) is 70.5 Å². The van der Waals surface area contributed by atoms with Gasteiger partial charge in [0.2, 0.25) is 0 Å². The number of hydrogen-bond acceptors (Lipinski definition) is 5. The minimum atomic E-state index is -3.51. The van der Waals surface area contributed by atoms with Crippen LogP contribution in [0.1, 0.15) is 19.3 Å². The standard InChI is InChI=1S/C11H23N3O4S/c1-13(9-5-11(15)18-2)19(16,17)12-6-10-14-7-3-4-8-14/h12H,3-10H2,1-2H3. The number of carbonyl (C=O) groups is 1. The van der Waals surface area contributed by atoms with Crippen molar-refractivity contribution < 1.29 is 17.9 Å². The molecule has 1 heterocycles.